The number of ether oxygens (including phenoxy) is 2. The lowest BCUT2D eigenvalue weighted by Gasteiger charge is -2.16. The Bertz CT molecular complexity index is 546. The number of benzene rings is 1. The average molecular weight is 297 g/mol. The van der Waals surface area contributed by atoms with Crippen molar-refractivity contribution >= 4 is 27.5 Å². The van der Waals surface area contributed by atoms with Gasteiger partial charge in [0, 0.05) is 17.7 Å². The van der Waals surface area contributed by atoms with Crippen molar-refractivity contribution < 1.29 is 19.1 Å². The van der Waals surface area contributed by atoms with E-state index in [1.54, 1.807) is 6.07 Å². The molecule has 4 nitrogen and oxygen atoms in total. The SMILES string of the molecule is COc1cc(OC)c2c(c1)C(=O)C(Br)=CC2=O. The Morgan fingerprint density at radius 1 is 1.12 bits per heavy atom. The van der Waals surface area contributed by atoms with E-state index in [-0.39, 0.29) is 21.6 Å². The van der Waals surface area contributed by atoms with Crippen LogP contribution in [0.25, 0.3) is 0 Å². The minimum absolute atomic E-state index is 0.241. The molecule has 5 heteroatoms. The molecule has 0 radical (unpaired) electrons. The number of hydrogen-bond donors (Lipinski definition) is 0. The zero-order valence-electron chi connectivity index (χ0n) is 9.24. The lowest BCUT2D eigenvalue weighted by Crippen LogP contribution is -2.15. The molecule has 2 rings (SSSR count). The summed E-state index contributed by atoms with van der Waals surface area (Å²) >= 11 is 3.07. The summed E-state index contributed by atoms with van der Waals surface area (Å²) in [5.74, 6) is 0.306. The van der Waals surface area contributed by atoms with Gasteiger partial charge >= 0.3 is 0 Å². The fourth-order valence-electron chi connectivity index (χ4n) is 1.68. The maximum absolute atomic E-state index is 11.9. The van der Waals surface area contributed by atoms with Crippen LogP contribution in [0.15, 0.2) is 22.7 Å². The Labute approximate surface area is 106 Å². The van der Waals surface area contributed by atoms with Gasteiger partial charge in [-0.3, -0.25) is 9.59 Å². The van der Waals surface area contributed by atoms with Gasteiger partial charge in [0.05, 0.1) is 24.3 Å². The molecule has 0 spiro atoms. The third-order valence-corrected chi connectivity index (χ3v) is 3.09. The highest BCUT2D eigenvalue weighted by Crippen LogP contribution is 2.34. The summed E-state index contributed by atoms with van der Waals surface area (Å²) in [6, 6.07) is 3.11. The zero-order valence-corrected chi connectivity index (χ0v) is 10.8. The summed E-state index contributed by atoms with van der Waals surface area (Å²) in [4.78, 5) is 23.8. The number of allylic oxidation sites excluding steroid dienone is 2. The van der Waals surface area contributed by atoms with Gasteiger partial charge in [0.2, 0.25) is 5.78 Å². The van der Waals surface area contributed by atoms with Crippen molar-refractivity contribution in [2.75, 3.05) is 14.2 Å². The lowest BCUT2D eigenvalue weighted by atomic mass is 9.93. The maximum Gasteiger partial charge on any atom is 0.201 e. The second-order valence-corrected chi connectivity index (χ2v) is 4.29. The first-order chi connectivity index (χ1) is 8.08. The number of halogens is 1. The highest BCUT2D eigenvalue weighted by atomic mass is 79.9. The van der Waals surface area contributed by atoms with Crippen LogP contribution in [-0.2, 0) is 0 Å². The Morgan fingerprint density at radius 2 is 1.82 bits per heavy atom. The number of rotatable bonds is 2. The molecule has 17 heavy (non-hydrogen) atoms. The molecule has 1 aliphatic carbocycles. The van der Waals surface area contributed by atoms with E-state index in [1.807, 2.05) is 0 Å². The van der Waals surface area contributed by atoms with Gasteiger partial charge in [-0.05, 0) is 22.0 Å². The van der Waals surface area contributed by atoms with Crippen LogP contribution in [0, 0.1) is 0 Å². The van der Waals surface area contributed by atoms with Gasteiger partial charge in [-0.2, -0.15) is 0 Å². The van der Waals surface area contributed by atoms with Crippen LogP contribution in [0.2, 0.25) is 0 Å². The molecule has 0 unspecified atom stereocenters. The number of carbonyl (C=O) groups is 2. The van der Waals surface area contributed by atoms with Crippen LogP contribution in [0.4, 0.5) is 0 Å². The van der Waals surface area contributed by atoms with E-state index in [9.17, 15) is 9.59 Å². The van der Waals surface area contributed by atoms with Crippen LogP contribution >= 0.6 is 15.9 Å². The maximum atomic E-state index is 11.9. The van der Waals surface area contributed by atoms with Gasteiger partial charge in [-0.25, -0.2) is 0 Å². The Balaban J connectivity index is 2.73. The van der Waals surface area contributed by atoms with Crippen LogP contribution < -0.4 is 9.47 Å². The van der Waals surface area contributed by atoms with E-state index in [0.717, 1.165) is 0 Å². The summed E-state index contributed by atoms with van der Waals surface area (Å²) in [5, 5.41) is 0. The van der Waals surface area contributed by atoms with Gasteiger partial charge in [-0.15, -0.1) is 0 Å². The first-order valence-corrected chi connectivity index (χ1v) is 5.60. The average Bonchev–Trinajstić information content (AvgIpc) is 2.34. The Morgan fingerprint density at radius 3 is 2.41 bits per heavy atom. The largest absolute Gasteiger partial charge is 0.497 e. The first-order valence-electron chi connectivity index (χ1n) is 4.80. The minimum Gasteiger partial charge on any atom is -0.497 e. The first kappa shape index (κ1) is 11.9. The van der Waals surface area contributed by atoms with E-state index < -0.39 is 0 Å². The minimum atomic E-state index is -0.258. The molecule has 0 heterocycles. The van der Waals surface area contributed by atoms with Crippen molar-refractivity contribution in [1.29, 1.82) is 0 Å². The van der Waals surface area contributed by atoms with E-state index >= 15 is 0 Å². The third-order valence-electron chi connectivity index (χ3n) is 2.50. The normalized spacial score (nSPS) is 14.2. The molecule has 0 aromatic heterocycles. The number of hydrogen-bond acceptors (Lipinski definition) is 4. The van der Waals surface area contributed by atoms with Crippen LogP contribution in [0.3, 0.4) is 0 Å². The molecular formula is C12H9BrO4. The van der Waals surface area contributed by atoms with Crippen LogP contribution in [0.1, 0.15) is 20.7 Å². The van der Waals surface area contributed by atoms with Gasteiger partial charge in [0.1, 0.15) is 11.5 Å². The molecule has 88 valence electrons. The fourth-order valence-corrected chi connectivity index (χ4v) is 2.11. The highest BCUT2D eigenvalue weighted by Gasteiger charge is 2.28. The van der Waals surface area contributed by atoms with E-state index in [2.05, 4.69) is 15.9 Å². The molecule has 0 fully saturated rings. The predicted molar refractivity (Wildman–Crippen MR) is 65.2 cm³/mol. The van der Waals surface area contributed by atoms with Crippen molar-refractivity contribution in [3.05, 3.63) is 33.8 Å². The quantitative estimate of drug-likeness (QED) is 0.841. The van der Waals surface area contributed by atoms with Crippen molar-refractivity contribution in [3.8, 4) is 11.5 Å². The molecule has 1 aliphatic rings. The lowest BCUT2D eigenvalue weighted by molar-refractivity contribution is 0.0989. The monoisotopic (exact) mass is 296 g/mol. The van der Waals surface area contributed by atoms with Crippen molar-refractivity contribution in [3.63, 3.8) is 0 Å². The molecule has 1 aromatic carbocycles. The van der Waals surface area contributed by atoms with Crippen molar-refractivity contribution in [2.45, 2.75) is 0 Å². The Hall–Kier alpha value is -1.62. The zero-order chi connectivity index (χ0) is 12.6. The molecule has 1 aromatic rings. The van der Waals surface area contributed by atoms with Gasteiger partial charge in [0.15, 0.2) is 5.78 Å². The molecule has 0 N–H and O–H groups in total. The number of methoxy groups -OCH3 is 2. The van der Waals surface area contributed by atoms with Crippen molar-refractivity contribution in [1.82, 2.24) is 0 Å². The summed E-state index contributed by atoms with van der Waals surface area (Å²) in [7, 11) is 2.93. The van der Waals surface area contributed by atoms with Gasteiger partial charge in [-0.1, -0.05) is 0 Å². The topological polar surface area (TPSA) is 52.6 Å². The molecule has 0 saturated heterocycles. The number of fused-ring (bicyclic) bond motifs is 1. The predicted octanol–water partition coefficient (Wildman–Crippen LogP) is 2.36. The molecular weight excluding hydrogens is 288 g/mol. The fraction of sp³-hybridized carbons (Fsp3) is 0.167. The second-order valence-electron chi connectivity index (χ2n) is 3.44. The number of carbonyl (C=O) groups excluding carboxylic acids is 2. The molecule has 0 atom stereocenters. The van der Waals surface area contributed by atoms with Gasteiger partial charge in [0.25, 0.3) is 0 Å². The molecule has 0 saturated carbocycles. The molecule has 0 amide bonds. The summed E-state index contributed by atoms with van der Waals surface area (Å²) < 4.78 is 10.4. The van der Waals surface area contributed by atoms with Gasteiger partial charge < -0.3 is 9.47 Å². The smallest absolute Gasteiger partial charge is 0.201 e. The third kappa shape index (κ3) is 1.86. The summed E-state index contributed by atoms with van der Waals surface area (Å²) in [5.41, 5.74) is 0.571. The highest BCUT2D eigenvalue weighted by molar-refractivity contribution is 9.12. The molecule has 0 bridgehead atoms. The van der Waals surface area contributed by atoms with E-state index in [0.29, 0.717) is 17.1 Å². The van der Waals surface area contributed by atoms with Crippen LogP contribution in [0.5, 0.6) is 11.5 Å². The summed E-state index contributed by atoms with van der Waals surface area (Å²) in [6.07, 6.45) is 1.25. The standard InChI is InChI=1S/C12H9BrO4/c1-16-6-3-7-11(10(4-6)17-2)9(14)5-8(13)12(7)15/h3-5H,1-2H3. The summed E-state index contributed by atoms with van der Waals surface area (Å²) in [6.45, 7) is 0. The van der Waals surface area contributed by atoms with Crippen molar-refractivity contribution in [2.24, 2.45) is 0 Å². The number of ketones is 2. The Kier molecular flexibility index (Phi) is 3.02. The van der Waals surface area contributed by atoms with E-state index in [4.69, 9.17) is 9.47 Å². The second kappa shape index (κ2) is 4.33. The molecule has 0 aliphatic heterocycles. The van der Waals surface area contributed by atoms with E-state index in [1.165, 1.54) is 26.4 Å². The number of Topliss-reactive ketones (excluding diaryl/α,β-unsaturated/α-hetero) is 1. The van der Waals surface area contributed by atoms with Crippen LogP contribution in [-0.4, -0.2) is 25.8 Å².